The second-order valence-corrected chi connectivity index (χ2v) is 6.37. The number of nitrogens with one attached hydrogen (secondary N) is 1. The summed E-state index contributed by atoms with van der Waals surface area (Å²) in [5, 5.41) is 2.84. The van der Waals surface area contributed by atoms with E-state index >= 15 is 0 Å². The molecule has 0 radical (unpaired) electrons. The van der Waals surface area contributed by atoms with Crippen molar-refractivity contribution in [3.05, 3.63) is 0 Å². The van der Waals surface area contributed by atoms with E-state index in [-0.39, 0.29) is 16.9 Å². The molecule has 3 fully saturated rings. The largest absolute Gasteiger partial charge is 0.354 e. The van der Waals surface area contributed by atoms with Gasteiger partial charge in [-0.3, -0.25) is 14.5 Å². The van der Waals surface area contributed by atoms with E-state index < -0.39 is 0 Å². The summed E-state index contributed by atoms with van der Waals surface area (Å²) < 4.78 is 0. The molecule has 17 heavy (non-hydrogen) atoms. The van der Waals surface area contributed by atoms with E-state index in [2.05, 4.69) is 24.1 Å². The van der Waals surface area contributed by atoms with Gasteiger partial charge >= 0.3 is 0 Å². The average Bonchev–Trinajstić information content (AvgIpc) is 2.64. The Bertz CT molecular complexity index is 393. The van der Waals surface area contributed by atoms with Crippen LogP contribution in [0.3, 0.4) is 0 Å². The number of carbonyl (C=O) groups is 2. The molecule has 94 valence electrons. The van der Waals surface area contributed by atoms with Gasteiger partial charge in [-0.2, -0.15) is 0 Å². The van der Waals surface area contributed by atoms with E-state index in [9.17, 15) is 9.59 Å². The van der Waals surface area contributed by atoms with Crippen LogP contribution in [0.5, 0.6) is 0 Å². The fourth-order valence-electron chi connectivity index (χ4n) is 3.64. The van der Waals surface area contributed by atoms with Crippen molar-refractivity contribution in [2.75, 3.05) is 19.6 Å². The quantitative estimate of drug-likeness (QED) is 0.713. The Morgan fingerprint density at radius 2 is 2.18 bits per heavy atom. The smallest absolute Gasteiger partial charge is 0.229 e. The highest BCUT2D eigenvalue weighted by molar-refractivity contribution is 5.98. The lowest BCUT2D eigenvalue weighted by molar-refractivity contribution is -0.141. The Morgan fingerprint density at radius 3 is 2.53 bits per heavy atom. The van der Waals surface area contributed by atoms with Gasteiger partial charge in [0.15, 0.2) is 5.78 Å². The molecule has 1 aliphatic carbocycles. The number of hydrogen-bond acceptors (Lipinski definition) is 3. The summed E-state index contributed by atoms with van der Waals surface area (Å²) in [4.78, 5) is 26.1. The van der Waals surface area contributed by atoms with E-state index in [1.807, 2.05) is 0 Å². The van der Waals surface area contributed by atoms with Crippen molar-refractivity contribution in [2.45, 2.75) is 38.6 Å². The number of hydrogen-bond donors (Lipinski definition) is 1. The van der Waals surface area contributed by atoms with Crippen LogP contribution in [0.15, 0.2) is 0 Å². The van der Waals surface area contributed by atoms with Crippen LogP contribution in [0.25, 0.3) is 0 Å². The van der Waals surface area contributed by atoms with Crippen molar-refractivity contribution in [2.24, 2.45) is 11.3 Å². The van der Waals surface area contributed by atoms with Gasteiger partial charge < -0.3 is 5.32 Å². The number of β-lactam (4-membered cyclic amide) rings is 1. The number of Topliss-reactive ketones (excluding diaryl/α,β-unsaturated/α-hetero) is 1. The Balaban J connectivity index is 1.86. The number of rotatable bonds is 2. The molecule has 2 saturated heterocycles. The summed E-state index contributed by atoms with van der Waals surface area (Å²) in [5.74, 6) is 1.05. The minimum absolute atomic E-state index is 0.155. The summed E-state index contributed by atoms with van der Waals surface area (Å²) in [6.07, 6.45) is 2.41. The normalized spacial score (nSPS) is 40.9. The monoisotopic (exact) mass is 236 g/mol. The lowest BCUT2D eigenvalue weighted by Crippen LogP contribution is -2.60. The summed E-state index contributed by atoms with van der Waals surface area (Å²) >= 11 is 0. The summed E-state index contributed by atoms with van der Waals surface area (Å²) in [6, 6.07) is 0. The predicted molar refractivity (Wildman–Crippen MR) is 63.4 cm³/mol. The highest BCUT2D eigenvalue weighted by atomic mass is 16.2. The number of amides is 1. The third kappa shape index (κ3) is 1.33. The first kappa shape index (κ1) is 11.2. The van der Waals surface area contributed by atoms with E-state index in [0.717, 1.165) is 32.5 Å². The molecular weight excluding hydrogens is 216 g/mol. The number of likely N-dealkylation sites (tertiary alicyclic amines) is 1. The van der Waals surface area contributed by atoms with Crippen molar-refractivity contribution in [3.8, 4) is 0 Å². The molecule has 0 aromatic carbocycles. The molecule has 1 saturated carbocycles. The van der Waals surface area contributed by atoms with Gasteiger partial charge in [0.25, 0.3) is 0 Å². The first-order chi connectivity index (χ1) is 7.98. The van der Waals surface area contributed by atoms with E-state index in [1.54, 1.807) is 0 Å². The van der Waals surface area contributed by atoms with Crippen molar-refractivity contribution < 1.29 is 9.59 Å². The Labute approximate surface area is 102 Å². The van der Waals surface area contributed by atoms with Crippen LogP contribution in [0.4, 0.5) is 0 Å². The summed E-state index contributed by atoms with van der Waals surface area (Å²) in [6.45, 7) is 6.81. The molecule has 2 aliphatic heterocycles. The van der Waals surface area contributed by atoms with Gasteiger partial charge in [-0.1, -0.05) is 13.8 Å². The minimum atomic E-state index is -0.276. The first-order valence-corrected chi connectivity index (χ1v) is 6.55. The van der Waals surface area contributed by atoms with Crippen LogP contribution in [0.2, 0.25) is 0 Å². The van der Waals surface area contributed by atoms with Gasteiger partial charge in [-0.05, 0) is 18.8 Å². The number of carbonyl (C=O) groups excluding carboxylic acids is 2. The standard InChI is InChI=1S/C13H20N2O2/c1-9(2)5-15-8-12(7-14-11(12)17)6-13(15)4-3-10(13)16/h9H,3-8H2,1-2H3,(H,14,17). The maximum Gasteiger partial charge on any atom is 0.229 e. The number of nitrogens with zero attached hydrogens (tertiary/aromatic N) is 1. The van der Waals surface area contributed by atoms with Crippen LogP contribution in [0.1, 0.15) is 33.1 Å². The third-order valence-corrected chi connectivity index (χ3v) is 4.67. The Morgan fingerprint density at radius 1 is 1.41 bits per heavy atom. The number of ketones is 1. The van der Waals surface area contributed by atoms with Gasteiger partial charge in [0.05, 0.1) is 11.0 Å². The topological polar surface area (TPSA) is 49.4 Å². The summed E-state index contributed by atoms with van der Waals surface area (Å²) in [5.41, 5.74) is -0.521. The molecule has 3 aliphatic rings. The van der Waals surface area contributed by atoms with E-state index in [0.29, 0.717) is 18.1 Å². The molecule has 4 nitrogen and oxygen atoms in total. The lowest BCUT2D eigenvalue weighted by Gasteiger charge is -2.45. The van der Waals surface area contributed by atoms with Gasteiger partial charge in [-0.25, -0.2) is 0 Å². The molecule has 1 N–H and O–H groups in total. The maximum atomic E-state index is 12.0. The van der Waals surface area contributed by atoms with Crippen molar-refractivity contribution in [3.63, 3.8) is 0 Å². The van der Waals surface area contributed by atoms with Crippen LogP contribution in [0, 0.1) is 11.3 Å². The summed E-state index contributed by atoms with van der Waals surface area (Å²) in [7, 11) is 0. The SMILES string of the molecule is CC(C)CN1CC2(CNC2=O)CC12CCC2=O. The minimum Gasteiger partial charge on any atom is -0.354 e. The average molecular weight is 236 g/mol. The van der Waals surface area contributed by atoms with Gasteiger partial charge in [0.1, 0.15) is 0 Å². The highest BCUT2D eigenvalue weighted by Gasteiger charge is 2.65. The Hall–Kier alpha value is -0.900. The molecule has 0 aromatic rings. The zero-order valence-corrected chi connectivity index (χ0v) is 10.6. The molecular formula is C13H20N2O2. The fourth-order valence-corrected chi connectivity index (χ4v) is 3.64. The van der Waals surface area contributed by atoms with E-state index in [1.165, 1.54) is 0 Å². The molecule has 2 atom stereocenters. The van der Waals surface area contributed by atoms with Gasteiger partial charge in [0, 0.05) is 26.1 Å². The fraction of sp³-hybridized carbons (Fsp3) is 0.846. The third-order valence-electron chi connectivity index (χ3n) is 4.67. The molecule has 2 spiro atoms. The molecule has 2 unspecified atom stereocenters. The van der Waals surface area contributed by atoms with Crippen molar-refractivity contribution >= 4 is 11.7 Å². The zero-order chi connectivity index (χ0) is 12.3. The Kier molecular flexibility index (Phi) is 2.18. The van der Waals surface area contributed by atoms with Gasteiger partial charge in [-0.15, -0.1) is 0 Å². The first-order valence-electron chi connectivity index (χ1n) is 6.55. The molecule has 0 bridgehead atoms. The molecule has 2 heterocycles. The van der Waals surface area contributed by atoms with E-state index in [4.69, 9.17) is 0 Å². The van der Waals surface area contributed by atoms with Crippen LogP contribution in [-0.4, -0.2) is 41.8 Å². The second kappa shape index (κ2) is 3.31. The maximum absolute atomic E-state index is 12.0. The molecule has 0 aromatic heterocycles. The molecule has 4 heteroatoms. The van der Waals surface area contributed by atoms with Crippen molar-refractivity contribution in [1.82, 2.24) is 10.2 Å². The van der Waals surface area contributed by atoms with Gasteiger partial charge in [0.2, 0.25) is 5.91 Å². The van der Waals surface area contributed by atoms with Crippen LogP contribution >= 0.6 is 0 Å². The second-order valence-electron chi connectivity index (χ2n) is 6.37. The highest BCUT2D eigenvalue weighted by Crippen LogP contribution is 2.52. The zero-order valence-electron chi connectivity index (χ0n) is 10.6. The lowest BCUT2D eigenvalue weighted by atomic mass is 9.66. The molecule has 3 rings (SSSR count). The predicted octanol–water partition coefficient (Wildman–Crippen LogP) is 0.566. The van der Waals surface area contributed by atoms with Crippen LogP contribution < -0.4 is 5.32 Å². The van der Waals surface area contributed by atoms with Crippen molar-refractivity contribution in [1.29, 1.82) is 0 Å². The van der Waals surface area contributed by atoms with Crippen LogP contribution in [-0.2, 0) is 9.59 Å². The molecule has 1 amide bonds.